The van der Waals surface area contributed by atoms with Gasteiger partial charge in [0.15, 0.2) is 6.39 Å². The van der Waals surface area contributed by atoms with Crippen molar-refractivity contribution in [3.63, 3.8) is 0 Å². The summed E-state index contributed by atoms with van der Waals surface area (Å²) in [5.74, 6) is 0.684. The predicted molar refractivity (Wildman–Crippen MR) is 124 cm³/mol. The number of benzene rings is 4. The molecule has 0 saturated carbocycles. The summed E-state index contributed by atoms with van der Waals surface area (Å²) in [6, 6.07) is 34.0. The average molecular weight is 606 g/mol. The van der Waals surface area contributed by atoms with Crippen LogP contribution in [0.25, 0.3) is 50.4 Å². The summed E-state index contributed by atoms with van der Waals surface area (Å²) in [5, 5.41) is 8.70. The standard InChI is InChI=1S/C27H17N4O.Ir/c1-3-8-19(9-4-1)22-12-7-13-23(20-10-5-2-6-11-20)26(22)31-17-29-30-27(31)21-14-15-24-25(16-21)32-18-28-24;/h1-13,15-18H;/q-1;. The molecule has 0 aliphatic rings. The van der Waals surface area contributed by atoms with Crippen LogP contribution in [0.1, 0.15) is 0 Å². The number of rotatable bonds is 4. The number of hydrogen-bond donors (Lipinski definition) is 0. The Kier molecular flexibility index (Phi) is 5.69. The second-order valence-corrected chi connectivity index (χ2v) is 7.41. The second kappa shape index (κ2) is 8.94. The van der Waals surface area contributed by atoms with Gasteiger partial charge in [0, 0.05) is 36.7 Å². The average Bonchev–Trinajstić information content (AvgIpc) is 3.54. The Morgan fingerprint density at radius 1 is 0.788 bits per heavy atom. The van der Waals surface area contributed by atoms with Crippen LogP contribution in [0.5, 0.6) is 0 Å². The van der Waals surface area contributed by atoms with Gasteiger partial charge in [-0.25, -0.2) is 0 Å². The Bertz CT molecular complexity index is 1470. The van der Waals surface area contributed by atoms with E-state index < -0.39 is 0 Å². The van der Waals surface area contributed by atoms with Crippen LogP contribution in [-0.4, -0.2) is 19.7 Å². The van der Waals surface area contributed by atoms with Crippen molar-refractivity contribution in [2.24, 2.45) is 0 Å². The summed E-state index contributed by atoms with van der Waals surface area (Å²) in [7, 11) is 0. The molecule has 0 bridgehead atoms. The van der Waals surface area contributed by atoms with E-state index in [1.165, 1.54) is 6.39 Å². The third-order valence-corrected chi connectivity index (χ3v) is 5.50. The topological polar surface area (TPSA) is 56.7 Å². The molecule has 2 aromatic heterocycles. The molecule has 1 radical (unpaired) electrons. The number of fused-ring (bicyclic) bond motifs is 1. The van der Waals surface area contributed by atoms with Crippen LogP contribution in [0.4, 0.5) is 0 Å². The number of hydrogen-bond acceptors (Lipinski definition) is 4. The fourth-order valence-electron chi connectivity index (χ4n) is 4.01. The van der Waals surface area contributed by atoms with E-state index in [0.29, 0.717) is 11.4 Å². The van der Waals surface area contributed by atoms with Gasteiger partial charge in [-0.1, -0.05) is 84.9 Å². The SMILES string of the molecule is [Ir].[c-]1cc2ncoc2cc1-c1nncn1-c1c(-c2ccccc2)cccc1-c1ccccc1. The van der Waals surface area contributed by atoms with Crippen molar-refractivity contribution in [3.05, 3.63) is 110 Å². The van der Waals surface area contributed by atoms with Gasteiger partial charge in [0.05, 0.1) is 17.1 Å². The van der Waals surface area contributed by atoms with Gasteiger partial charge in [0.2, 0.25) is 0 Å². The molecule has 5 nitrogen and oxygen atoms in total. The number of para-hydroxylation sites is 1. The maximum Gasteiger partial charge on any atom is 0.170 e. The normalized spacial score (nSPS) is 10.8. The van der Waals surface area contributed by atoms with Crippen LogP contribution < -0.4 is 0 Å². The smallest absolute Gasteiger partial charge is 0.170 e. The molecule has 0 atom stereocenters. The molecule has 6 rings (SSSR count). The van der Waals surface area contributed by atoms with Crippen molar-refractivity contribution in [2.75, 3.05) is 0 Å². The van der Waals surface area contributed by atoms with Crippen LogP contribution in [0.3, 0.4) is 0 Å². The van der Waals surface area contributed by atoms with E-state index in [4.69, 9.17) is 4.42 Å². The Morgan fingerprint density at radius 2 is 1.45 bits per heavy atom. The summed E-state index contributed by atoms with van der Waals surface area (Å²) in [5.41, 5.74) is 7.67. The van der Waals surface area contributed by atoms with Gasteiger partial charge in [-0.2, -0.15) is 5.10 Å². The number of oxazole rings is 1. The van der Waals surface area contributed by atoms with E-state index in [2.05, 4.69) is 63.7 Å². The zero-order chi connectivity index (χ0) is 21.3. The molecule has 6 aromatic rings. The van der Waals surface area contributed by atoms with Crippen molar-refractivity contribution >= 4 is 11.1 Å². The first-order chi connectivity index (χ1) is 15.9. The van der Waals surface area contributed by atoms with E-state index in [-0.39, 0.29) is 20.1 Å². The Hall–Kier alpha value is -3.86. The minimum Gasteiger partial charge on any atom is -0.464 e. The Labute approximate surface area is 204 Å². The first kappa shape index (κ1) is 21.0. The van der Waals surface area contributed by atoms with Crippen molar-refractivity contribution in [3.8, 4) is 39.3 Å². The van der Waals surface area contributed by atoms with Crippen LogP contribution in [0.15, 0.2) is 108 Å². The minimum atomic E-state index is 0. The minimum absolute atomic E-state index is 0. The monoisotopic (exact) mass is 606 g/mol. The largest absolute Gasteiger partial charge is 0.464 e. The van der Waals surface area contributed by atoms with E-state index in [1.54, 1.807) is 6.33 Å². The van der Waals surface area contributed by atoms with Gasteiger partial charge in [-0.15, -0.1) is 22.8 Å². The maximum atomic E-state index is 5.50. The zero-order valence-electron chi connectivity index (χ0n) is 17.3. The van der Waals surface area contributed by atoms with Gasteiger partial charge in [-0.05, 0) is 11.1 Å². The first-order valence-corrected chi connectivity index (χ1v) is 10.3. The molecule has 0 aliphatic carbocycles. The summed E-state index contributed by atoms with van der Waals surface area (Å²) >= 11 is 0. The Morgan fingerprint density at radius 3 is 2.12 bits per heavy atom. The molecule has 0 N–H and O–H groups in total. The van der Waals surface area contributed by atoms with Gasteiger partial charge in [-0.3, -0.25) is 4.98 Å². The molecular formula is C27H17IrN4O-. The van der Waals surface area contributed by atoms with Crippen LogP contribution in [0.2, 0.25) is 0 Å². The molecule has 33 heavy (non-hydrogen) atoms. The van der Waals surface area contributed by atoms with E-state index >= 15 is 0 Å². The van der Waals surface area contributed by atoms with Gasteiger partial charge in [0.25, 0.3) is 0 Å². The van der Waals surface area contributed by atoms with Crippen molar-refractivity contribution < 1.29 is 24.5 Å². The summed E-state index contributed by atoms with van der Waals surface area (Å²) in [6.45, 7) is 0. The third-order valence-electron chi connectivity index (χ3n) is 5.50. The molecule has 161 valence electrons. The molecule has 6 heteroatoms. The molecule has 4 aromatic carbocycles. The number of aromatic nitrogens is 4. The van der Waals surface area contributed by atoms with Crippen molar-refractivity contribution in [1.82, 2.24) is 19.7 Å². The number of nitrogens with zero attached hydrogens (tertiary/aromatic N) is 4. The fraction of sp³-hybridized carbons (Fsp3) is 0. The van der Waals surface area contributed by atoms with E-state index in [1.807, 2.05) is 53.1 Å². The fourth-order valence-corrected chi connectivity index (χ4v) is 4.01. The maximum absolute atomic E-state index is 5.50. The van der Waals surface area contributed by atoms with E-state index in [0.717, 1.165) is 39.0 Å². The molecular weight excluding hydrogens is 589 g/mol. The zero-order valence-corrected chi connectivity index (χ0v) is 19.7. The molecule has 0 amide bonds. The molecule has 0 unspecified atom stereocenters. The molecule has 0 saturated heterocycles. The predicted octanol–water partition coefficient (Wildman–Crippen LogP) is 6.21. The van der Waals surface area contributed by atoms with Gasteiger partial charge >= 0.3 is 0 Å². The molecule has 2 heterocycles. The quantitative estimate of drug-likeness (QED) is 0.225. The first-order valence-electron chi connectivity index (χ1n) is 10.3. The molecule has 0 aliphatic heterocycles. The summed E-state index contributed by atoms with van der Waals surface area (Å²) < 4.78 is 7.53. The van der Waals surface area contributed by atoms with Crippen LogP contribution in [-0.2, 0) is 20.1 Å². The van der Waals surface area contributed by atoms with Gasteiger partial charge < -0.3 is 8.98 Å². The molecule has 0 fully saturated rings. The summed E-state index contributed by atoms with van der Waals surface area (Å²) in [4.78, 5) is 4.19. The van der Waals surface area contributed by atoms with Crippen molar-refractivity contribution in [1.29, 1.82) is 0 Å². The van der Waals surface area contributed by atoms with Crippen LogP contribution >= 0.6 is 0 Å². The molecule has 0 spiro atoms. The third kappa shape index (κ3) is 3.80. The summed E-state index contributed by atoms with van der Waals surface area (Å²) in [6.07, 6.45) is 3.19. The second-order valence-electron chi connectivity index (χ2n) is 7.41. The van der Waals surface area contributed by atoms with Gasteiger partial charge in [0.1, 0.15) is 6.33 Å². The van der Waals surface area contributed by atoms with E-state index in [9.17, 15) is 0 Å². The Balaban J connectivity index is 0.00000228. The van der Waals surface area contributed by atoms with Crippen molar-refractivity contribution in [2.45, 2.75) is 0 Å². The van der Waals surface area contributed by atoms with Crippen LogP contribution in [0, 0.1) is 6.07 Å².